The highest BCUT2D eigenvalue weighted by Gasteiger charge is 2.12. The third-order valence-electron chi connectivity index (χ3n) is 3.66. The number of hydrogen-bond acceptors (Lipinski definition) is 1. The van der Waals surface area contributed by atoms with Gasteiger partial charge >= 0.3 is 0 Å². The van der Waals surface area contributed by atoms with Crippen molar-refractivity contribution in [2.24, 2.45) is 7.05 Å². The van der Waals surface area contributed by atoms with E-state index in [2.05, 4.69) is 4.57 Å². The van der Waals surface area contributed by atoms with Gasteiger partial charge in [-0.05, 0) is 24.6 Å². The van der Waals surface area contributed by atoms with E-state index in [0.717, 1.165) is 27.7 Å². The molecule has 2 heteroatoms. The van der Waals surface area contributed by atoms with Gasteiger partial charge in [0.15, 0.2) is 5.43 Å². The first-order valence-corrected chi connectivity index (χ1v) is 6.34. The fraction of sp³-hybridized carbons (Fsp3) is 0.118. The van der Waals surface area contributed by atoms with Crippen LogP contribution in [-0.2, 0) is 7.05 Å². The Bertz CT molecular complexity index is 801. The molecule has 19 heavy (non-hydrogen) atoms. The van der Waals surface area contributed by atoms with Gasteiger partial charge in [0.05, 0.1) is 5.52 Å². The average Bonchev–Trinajstić information content (AvgIpc) is 2.46. The first kappa shape index (κ1) is 11.7. The Kier molecular flexibility index (Phi) is 2.71. The molecule has 0 radical (unpaired) electrons. The van der Waals surface area contributed by atoms with Crippen LogP contribution in [0.2, 0.25) is 0 Å². The maximum atomic E-state index is 12.7. The molecule has 0 atom stereocenters. The summed E-state index contributed by atoms with van der Waals surface area (Å²) in [6.07, 6.45) is 0. The fourth-order valence-corrected chi connectivity index (χ4v) is 2.55. The number of aromatic nitrogens is 1. The lowest BCUT2D eigenvalue weighted by Crippen LogP contribution is -2.14. The van der Waals surface area contributed by atoms with Gasteiger partial charge in [-0.2, -0.15) is 0 Å². The second-order valence-corrected chi connectivity index (χ2v) is 4.73. The van der Waals surface area contributed by atoms with Gasteiger partial charge in [-0.1, -0.05) is 42.5 Å². The monoisotopic (exact) mass is 249 g/mol. The quantitative estimate of drug-likeness (QED) is 0.647. The summed E-state index contributed by atoms with van der Waals surface area (Å²) in [5.74, 6) is 0. The van der Waals surface area contributed by atoms with E-state index in [1.54, 1.807) is 0 Å². The van der Waals surface area contributed by atoms with Crippen molar-refractivity contribution in [3.05, 3.63) is 70.5 Å². The van der Waals surface area contributed by atoms with E-state index in [0.29, 0.717) is 0 Å². The molecule has 0 fully saturated rings. The molecule has 0 aliphatic carbocycles. The molecule has 0 N–H and O–H groups in total. The second-order valence-electron chi connectivity index (χ2n) is 4.73. The molecule has 0 saturated carbocycles. The smallest absolute Gasteiger partial charge is 0.197 e. The normalized spacial score (nSPS) is 10.8. The molecule has 0 bridgehead atoms. The predicted molar refractivity (Wildman–Crippen MR) is 79.4 cm³/mol. The van der Waals surface area contributed by atoms with Crippen LogP contribution < -0.4 is 5.43 Å². The Morgan fingerprint density at radius 3 is 2.26 bits per heavy atom. The molecule has 0 unspecified atom stereocenters. The van der Waals surface area contributed by atoms with Gasteiger partial charge in [0.1, 0.15) is 0 Å². The molecule has 94 valence electrons. The highest BCUT2D eigenvalue weighted by atomic mass is 16.1. The Morgan fingerprint density at radius 2 is 1.53 bits per heavy atom. The van der Waals surface area contributed by atoms with Gasteiger partial charge in [-0.3, -0.25) is 4.79 Å². The van der Waals surface area contributed by atoms with Crippen molar-refractivity contribution < 1.29 is 0 Å². The van der Waals surface area contributed by atoms with E-state index in [4.69, 9.17) is 0 Å². The highest BCUT2D eigenvalue weighted by molar-refractivity contribution is 5.85. The molecule has 3 rings (SSSR count). The van der Waals surface area contributed by atoms with Crippen LogP contribution in [0.15, 0.2) is 59.4 Å². The molecule has 2 aromatic carbocycles. The number of aryl methyl sites for hydroxylation is 1. The molecule has 0 spiro atoms. The Morgan fingerprint density at radius 1 is 0.895 bits per heavy atom. The van der Waals surface area contributed by atoms with Crippen LogP contribution in [0.3, 0.4) is 0 Å². The van der Waals surface area contributed by atoms with Crippen molar-refractivity contribution in [2.45, 2.75) is 6.92 Å². The maximum Gasteiger partial charge on any atom is 0.197 e. The van der Waals surface area contributed by atoms with Crippen LogP contribution in [0.5, 0.6) is 0 Å². The van der Waals surface area contributed by atoms with Crippen molar-refractivity contribution in [1.29, 1.82) is 0 Å². The lowest BCUT2D eigenvalue weighted by molar-refractivity contribution is 0.901. The average molecular weight is 249 g/mol. The largest absolute Gasteiger partial charge is 0.347 e. The molecular weight excluding hydrogens is 234 g/mol. The molecule has 3 aromatic rings. The van der Waals surface area contributed by atoms with Crippen molar-refractivity contribution in [3.8, 4) is 11.1 Å². The minimum Gasteiger partial charge on any atom is -0.347 e. The van der Waals surface area contributed by atoms with Crippen molar-refractivity contribution >= 4 is 10.9 Å². The number of para-hydroxylation sites is 1. The number of pyridine rings is 1. The van der Waals surface area contributed by atoms with E-state index in [1.807, 2.05) is 68.6 Å². The number of rotatable bonds is 1. The minimum atomic E-state index is 0.109. The Balaban J connectivity index is 2.48. The maximum absolute atomic E-state index is 12.7. The zero-order valence-corrected chi connectivity index (χ0v) is 11.1. The van der Waals surface area contributed by atoms with Gasteiger partial charge < -0.3 is 4.57 Å². The van der Waals surface area contributed by atoms with Crippen molar-refractivity contribution in [1.82, 2.24) is 4.57 Å². The first-order valence-electron chi connectivity index (χ1n) is 6.34. The molecule has 0 aliphatic rings. The number of benzene rings is 2. The zero-order valence-electron chi connectivity index (χ0n) is 11.1. The summed E-state index contributed by atoms with van der Waals surface area (Å²) < 4.78 is 2.08. The number of fused-ring (bicyclic) bond motifs is 1. The van der Waals surface area contributed by atoms with Crippen LogP contribution in [0.1, 0.15) is 5.69 Å². The van der Waals surface area contributed by atoms with Gasteiger partial charge in [-0.15, -0.1) is 0 Å². The van der Waals surface area contributed by atoms with Gasteiger partial charge in [-0.25, -0.2) is 0 Å². The van der Waals surface area contributed by atoms with Gasteiger partial charge in [0.2, 0.25) is 0 Å². The molecular formula is C17H15NO. The van der Waals surface area contributed by atoms with Crippen LogP contribution in [-0.4, -0.2) is 4.57 Å². The lowest BCUT2D eigenvalue weighted by atomic mass is 10.0. The van der Waals surface area contributed by atoms with Crippen molar-refractivity contribution in [3.63, 3.8) is 0 Å². The summed E-state index contributed by atoms with van der Waals surface area (Å²) in [6.45, 7) is 2.00. The summed E-state index contributed by atoms with van der Waals surface area (Å²) >= 11 is 0. The fourth-order valence-electron chi connectivity index (χ4n) is 2.55. The molecule has 0 amide bonds. The molecule has 1 aromatic heterocycles. The van der Waals surface area contributed by atoms with E-state index >= 15 is 0 Å². The van der Waals surface area contributed by atoms with Crippen LogP contribution in [0, 0.1) is 6.92 Å². The lowest BCUT2D eigenvalue weighted by Gasteiger charge is -2.14. The SMILES string of the molecule is Cc1c(-c2ccccc2)c(=O)c2ccccc2n1C. The first-order chi connectivity index (χ1) is 9.20. The van der Waals surface area contributed by atoms with Crippen LogP contribution >= 0.6 is 0 Å². The standard InChI is InChI=1S/C17H15NO/c1-12-16(13-8-4-3-5-9-13)17(19)14-10-6-7-11-15(14)18(12)2/h3-11H,1-2H3. The second kappa shape index (κ2) is 4.39. The van der Waals surface area contributed by atoms with Crippen LogP contribution in [0.25, 0.3) is 22.0 Å². The number of nitrogens with zero attached hydrogens (tertiary/aromatic N) is 1. The summed E-state index contributed by atoms with van der Waals surface area (Å²) in [4.78, 5) is 12.7. The van der Waals surface area contributed by atoms with Crippen LogP contribution in [0.4, 0.5) is 0 Å². The van der Waals surface area contributed by atoms with E-state index in [1.165, 1.54) is 0 Å². The third-order valence-corrected chi connectivity index (χ3v) is 3.66. The minimum absolute atomic E-state index is 0.109. The van der Waals surface area contributed by atoms with E-state index in [9.17, 15) is 4.79 Å². The Labute approximate surface area is 111 Å². The predicted octanol–water partition coefficient (Wildman–Crippen LogP) is 3.51. The van der Waals surface area contributed by atoms with Gasteiger partial charge in [0, 0.05) is 23.7 Å². The molecule has 0 saturated heterocycles. The van der Waals surface area contributed by atoms with Gasteiger partial charge in [0.25, 0.3) is 0 Å². The topological polar surface area (TPSA) is 22.0 Å². The highest BCUT2D eigenvalue weighted by Crippen LogP contribution is 2.23. The molecule has 1 heterocycles. The Hall–Kier alpha value is -2.35. The summed E-state index contributed by atoms with van der Waals surface area (Å²) in [5, 5.41) is 0.773. The van der Waals surface area contributed by atoms with Crippen molar-refractivity contribution in [2.75, 3.05) is 0 Å². The molecule has 0 aliphatic heterocycles. The third kappa shape index (κ3) is 1.76. The molecule has 2 nitrogen and oxygen atoms in total. The number of hydrogen-bond donors (Lipinski definition) is 0. The summed E-state index contributed by atoms with van der Waals surface area (Å²) in [7, 11) is 2.00. The summed E-state index contributed by atoms with van der Waals surface area (Å²) in [5.41, 5.74) is 3.85. The van der Waals surface area contributed by atoms with E-state index < -0.39 is 0 Å². The van der Waals surface area contributed by atoms with E-state index in [-0.39, 0.29) is 5.43 Å². The summed E-state index contributed by atoms with van der Waals surface area (Å²) in [6, 6.07) is 17.6. The zero-order chi connectivity index (χ0) is 13.4.